The molecule has 0 radical (unpaired) electrons. The fourth-order valence-electron chi connectivity index (χ4n) is 2.80. The van der Waals surface area contributed by atoms with E-state index >= 15 is 0 Å². The highest BCUT2D eigenvalue weighted by molar-refractivity contribution is 5.95. The third kappa shape index (κ3) is 10.4. The molecule has 9 nitrogen and oxygen atoms in total. The second-order valence-corrected chi connectivity index (χ2v) is 7.48. The molecule has 5 N–H and O–H groups in total. The number of hydrazone groups is 2. The minimum absolute atomic E-state index is 0.123. The number of phenols is 1. The first kappa shape index (κ1) is 26.8. The minimum atomic E-state index is -0.354. The van der Waals surface area contributed by atoms with Crippen LogP contribution in [0.4, 0.5) is 5.69 Å². The van der Waals surface area contributed by atoms with Crippen LogP contribution in [0.15, 0.2) is 82.2 Å². The Morgan fingerprint density at radius 3 is 2.51 bits per heavy atom. The predicted octanol–water partition coefficient (Wildman–Crippen LogP) is 4.25. The Labute approximate surface area is 205 Å². The molecule has 184 valence electrons. The number of nitrogens with zero attached hydrogens (tertiary/aromatic N) is 2. The Morgan fingerprint density at radius 2 is 1.83 bits per heavy atom. The summed E-state index contributed by atoms with van der Waals surface area (Å²) in [4.78, 5) is 24.1. The second kappa shape index (κ2) is 14.7. The highest BCUT2D eigenvalue weighted by Crippen LogP contribution is 2.11. The summed E-state index contributed by atoms with van der Waals surface area (Å²) in [7, 11) is 0. The number of carbonyl (C=O) groups excluding carboxylic acids is 2. The van der Waals surface area contributed by atoms with E-state index in [0.29, 0.717) is 36.9 Å². The molecule has 0 aromatic heterocycles. The van der Waals surface area contributed by atoms with Gasteiger partial charge in [0.2, 0.25) is 5.91 Å². The number of allylic oxidation sites excluding steroid dienone is 3. The van der Waals surface area contributed by atoms with Crippen molar-refractivity contribution in [2.45, 2.75) is 33.1 Å². The Morgan fingerprint density at radius 1 is 1.06 bits per heavy atom. The number of carbonyl (C=O) groups is 2. The van der Waals surface area contributed by atoms with E-state index in [0.717, 1.165) is 11.3 Å². The number of amides is 2. The molecular formula is C26H31N5O4. The molecule has 0 heterocycles. The number of aliphatic hydroxyl groups excluding tert-OH is 1. The van der Waals surface area contributed by atoms with E-state index in [1.807, 2.05) is 6.92 Å². The Hall–Kier alpha value is -4.40. The fraction of sp³-hybridized carbons (Fsp3) is 0.231. The maximum Gasteiger partial charge on any atom is 0.271 e. The Balaban J connectivity index is 1.70. The number of phenolic OH excluding ortho intramolecular Hbond substituents is 1. The van der Waals surface area contributed by atoms with Crippen LogP contribution in [-0.2, 0) is 4.79 Å². The number of hydrogen-bond donors (Lipinski definition) is 5. The van der Waals surface area contributed by atoms with Crippen molar-refractivity contribution >= 4 is 29.9 Å². The van der Waals surface area contributed by atoms with Gasteiger partial charge in [0.1, 0.15) is 11.5 Å². The van der Waals surface area contributed by atoms with Gasteiger partial charge in [-0.2, -0.15) is 10.2 Å². The molecule has 0 unspecified atom stereocenters. The van der Waals surface area contributed by atoms with E-state index in [2.05, 4.69) is 26.4 Å². The zero-order valence-corrected chi connectivity index (χ0v) is 19.9. The van der Waals surface area contributed by atoms with Crippen LogP contribution >= 0.6 is 0 Å². The molecule has 0 atom stereocenters. The lowest BCUT2D eigenvalue weighted by Gasteiger charge is -2.07. The van der Waals surface area contributed by atoms with Gasteiger partial charge in [0.25, 0.3) is 5.91 Å². The summed E-state index contributed by atoms with van der Waals surface area (Å²) in [6.45, 7) is 4.24. The monoisotopic (exact) mass is 477 g/mol. The first-order chi connectivity index (χ1) is 16.9. The highest BCUT2D eigenvalue weighted by Gasteiger charge is 2.04. The average Bonchev–Trinajstić information content (AvgIpc) is 2.86. The smallest absolute Gasteiger partial charge is 0.271 e. The number of aromatic hydroxyl groups is 1. The summed E-state index contributed by atoms with van der Waals surface area (Å²) in [6, 6.07) is 13.4. The van der Waals surface area contributed by atoms with Crippen molar-refractivity contribution in [3.05, 3.63) is 83.1 Å². The average molecular weight is 478 g/mol. The van der Waals surface area contributed by atoms with Gasteiger partial charge in [-0.25, -0.2) is 10.9 Å². The molecule has 2 amide bonds. The van der Waals surface area contributed by atoms with Gasteiger partial charge >= 0.3 is 0 Å². The number of nitrogens with one attached hydrogen (secondary N) is 3. The fourth-order valence-corrected chi connectivity index (χ4v) is 2.80. The van der Waals surface area contributed by atoms with Gasteiger partial charge in [0.05, 0.1) is 12.4 Å². The van der Waals surface area contributed by atoms with Gasteiger partial charge in [-0.15, -0.1) is 0 Å². The van der Waals surface area contributed by atoms with Crippen molar-refractivity contribution < 1.29 is 19.8 Å². The van der Waals surface area contributed by atoms with Crippen molar-refractivity contribution in [3.8, 4) is 5.75 Å². The SMILES string of the molecule is C\C=C(O)/C=C(/C=N/NC(=O)CCCNc1ccc(C(=O)N/N=C/c2cccc(O)c2)cc1)CC. The van der Waals surface area contributed by atoms with E-state index < -0.39 is 0 Å². The second-order valence-electron chi connectivity index (χ2n) is 7.48. The molecule has 0 spiro atoms. The minimum Gasteiger partial charge on any atom is -0.508 e. The summed E-state index contributed by atoms with van der Waals surface area (Å²) in [5, 5.41) is 30.0. The van der Waals surface area contributed by atoms with E-state index in [1.165, 1.54) is 18.5 Å². The maximum atomic E-state index is 12.2. The van der Waals surface area contributed by atoms with Crippen LogP contribution in [0.25, 0.3) is 0 Å². The lowest BCUT2D eigenvalue weighted by molar-refractivity contribution is -0.121. The third-order valence-corrected chi connectivity index (χ3v) is 4.76. The number of rotatable bonds is 12. The molecule has 2 rings (SSSR count). The summed E-state index contributed by atoms with van der Waals surface area (Å²) < 4.78 is 0. The normalized spacial score (nSPS) is 12.2. The van der Waals surface area contributed by atoms with Gasteiger partial charge in [-0.3, -0.25) is 9.59 Å². The molecule has 2 aromatic carbocycles. The highest BCUT2D eigenvalue weighted by atomic mass is 16.3. The van der Waals surface area contributed by atoms with E-state index in [4.69, 9.17) is 0 Å². The Bertz CT molecular complexity index is 1100. The number of aliphatic hydroxyl groups is 1. The molecule has 2 aromatic rings. The van der Waals surface area contributed by atoms with Crippen molar-refractivity contribution in [2.75, 3.05) is 11.9 Å². The van der Waals surface area contributed by atoms with Crippen LogP contribution in [0, 0.1) is 0 Å². The summed E-state index contributed by atoms with van der Waals surface area (Å²) in [6.07, 6.45) is 7.71. The number of benzene rings is 2. The van der Waals surface area contributed by atoms with Gasteiger partial charge in [0, 0.05) is 24.2 Å². The van der Waals surface area contributed by atoms with Crippen LogP contribution in [0.5, 0.6) is 5.75 Å². The van der Waals surface area contributed by atoms with Crippen LogP contribution < -0.4 is 16.2 Å². The quantitative estimate of drug-likeness (QED) is 0.102. The van der Waals surface area contributed by atoms with Crippen LogP contribution in [0.3, 0.4) is 0 Å². The molecule has 0 fully saturated rings. The maximum absolute atomic E-state index is 12.2. The van der Waals surface area contributed by atoms with Crippen molar-refractivity contribution in [1.29, 1.82) is 0 Å². The Kier molecular flexibility index (Phi) is 11.3. The van der Waals surface area contributed by atoms with E-state index in [9.17, 15) is 19.8 Å². The largest absolute Gasteiger partial charge is 0.508 e. The van der Waals surface area contributed by atoms with Gasteiger partial charge in [-0.05, 0) is 79.5 Å². The van der Waals surface area contributed by atoms with Crippen molar-refractivity contribution in [1.82, 2.24) is 10.9 Å². The summed E-state index contributed by atoms with van der Waals surface area (Å²) in [5.74, 6) is -0.282. The van der Waals surface area contributed by atoms with Gasteiger partial charge in [0.15, 0.2) is 0 Å². The topological polar surface area (TPSA) is 135 Å². The third-order valence-electron chi connectivity index (χ3n) is 4.76. The predicted molar refractivity (Wildman–Crippen MR) is 139 cm³/mol. The first-order valence-electron chi connectivity index (χ1n) is 11.3. The molecule has 0 bridgehead atoms. The van der Waals surface area contributed by atoms with Crippen molar-refractivity contribution in [3.63, 3.8) is 0 Å². The van der Waals surface area contributed by atoms with E-state index in [-0.39, 0.29) is 23.3 Å². The van der Waals surface area contributed by atoms with Crippen molar-refractivity contribution in [2.24, 2.45) is 10.2 Å². The zero-order valence-electron chi connectivity index (χ0n) is 19.9. The summed E-state index contributed by atoms with van der Waals surface area (Å²) in [5.41, 5.74) is 7.66. The molecule has 0 aliphatic heterocycles. The molecule has 0 saturated carbocycles. The molecule has 0 aliphatic rings. The summed E-state index contributed by atoms with van der Waals surface area (Å²) >= 11 is 0. The number of anilines is 1. The lowest BCUT2D eigenvalue weighted by atomic mass is 10.2. The number of hydrogen-bond acceptors (Lipinski definition) is 7. The lowest BCUT2D eigenvalue weighted by Crippen LogP contribution is -2.18. The standard InChI is InChI=1S/C26H31N5O4/c1-3-19(15-23(32)4-2)17-28-30-25(34)9-6-14-27-22-12-10-21(11-13-22)26(35)31-29-18-20-7-5-8-24(33)16-20/h4-5,7-8,10-13,15-18,27,32-33H,3,6,9,14H2,1-2H3,(H,30,34)(H,31,35)/b19-15+,23-4+,28-17+,29-18+. The molecule has 9 heteroatoms. The zero-order chi connectivity index (χ0) is 25.5. The van der Waals surface area contributed by atoms with Crippen LogP contribution in [-0.4, -0.2) is 41.0 Å². The first-order valence-corrected chi connectivity index (χ1v) is 11.3. The van der Waals surface area contributed by atoms with Crippen LogP contribution in [0.2, 0.25) is 0 Å². The molecule has 35 heavy (non-hydrogen) atoms. The molecule has 0 saturated heterocycles. The van der Waals surface area contributed by atoms with E-state index in [1.54, 1.807) is 61.5 Å². The van der Waals surface area contributed by atoms with Gasteiger partial charge < -0.3 is 15.5 Å². The van der Waals surface area contributed by atoms with Gasteiger partial charge in [-0.1, -0.05) is 19.1 Å². The molecule has 0 aliphatic carbocycles. The molecular weight excluding hydrogens is 446 g/mol. The van der Waals surface area contributed by atoms with Crippen LogP contribution in [0.1, 0.15) is 49.0 Å².